The van der Waals surface area contributed by atoms with Crippen LogP contribution in [0.4, 0.5) is 0 Å². The molecule has 0 fully saturated rings. The topological polar surface area (TPSA) is 58.2 Å². The van der Waals surface area contributed by atoms with Gasteiger partial charge in [0, 0.05) is 17.5 Å². The first-order chi connectivity index (χ1) is 9.55. The van der Waals surface area contributed by atoms with Gasteiger partial charge >= 0.3 is 0 Å². The van der Waals surface area contributed by atoms with Crippen LogP contribution in [0.3, 0.4) is 0 Å². The van der Waals surface area contributed by atoms with Gasteiger partial charge in [0.25, 0.3) is 10.2 Å². The predicted octanol–water partition coefficient (Wildman–Crippen LogP) is 2.30. The van der Waals surface area contributed by atoms with E-state index in [2.05, 4.69) is 9.44 Å². The summed E-state index contributed by atoms with van der Waals surface area (Å²) in [5.41, 5.74) is 0.934. The Kier molecular flexibility index (Phi) is 5.31. The minimum absolute atomic E-state index is 0.137. The van der Waals surface area contributed by atoms with Crippen molar-refractivity contribution in [1.29, 1.82) is 0 Å². The molecule has 0 amide bonds. The summed E-state index contributed by atoms with van der Waals surface area (Å²) in [7, 11) is -3.48. The molecule has 1 aromatic heterocycles. The first-order valence-corrected chi connectivity index (χ1v) is 8.75. The third-order valence-electron chi connectivity index (χ3n) is 2.75. The normalized spacial score (nSPS) is 13.2. The van der Waals surface area contributed by atoms with E-state index in [0.29, 0.717) is 13.0 Å². The first-order valence-electron chi connectivity index (χ1n) is 6.38. The van der Waals surface area contributed by atoms with Crippen molar-refractivity contribution >= 4 is 21.5 Å². The second-order valence-electron chi connectivity index (χ2n) is 4.61. The highest BCUT2D eigenvalue weighted by molar-refractivity contribution is 7.87. The molecule has 0 aliphatic carbocycles. The molecule has 2 rings (SSSR count). The van der Waals surface area contributed by atoms with Gasteiger partial charge in [0.1, 0.15) is 0 Å². The van der Waals surface area contributed by atoms with Crippen LogP contribution < -0.4 is 9.44 Å². The van der Waals surface area contributed by atoms with Gasteiger partial charge in [0.15, 0.2) is 0 Å². The number of hydrogen-bond acceptors (Lipinski definition) is 3. The Balaban J connectivity index is 1.84. The second-order valence-corrected chi connectivity index (χ2v) is 7.18. The van der Waals surface area contributed by atoms with Crippen LogP contribution in [0.1, 0.15) is 17.4 Å². The van der Waals surface area contributed by atoms with Crippen molar-refractivity contribution in [2.45, 2.75) is 25.9 Å². The Labute approximate surface area is 124 Å². The summed E-state index contributed by atoms with van der Waals surface area (Å²) in [6.45, 7) is 2.16. The number of thiophene rings is 1. The summed E-state index contributed by atoms with van der Waals surface area (Å²) in [6, 6.07) is 13.3. The van der Waals surface area contributed by atoms with E-state index in [0.717, 1.165) is 5.56 Å². The standard InChI is InChI=1S/C14H18N2O2S2/c1-12(10-14-8-5-9-19-14)16-20(17,18)15-11-13-6-3-2-4-7-13/h2-9,12,15-16H,10-11H2,1H3. The Morgan fingerprint density at radius 2 is 1.90 bits per heavy atom. The lowest BCUT2D eigenvalue weighted by Gasteiger charge is -2.14. The molecule has 4 nitrogen and oxygen atoms in total. The van der Waals surface area contributed by atoms with E-state index in [1.807, 2.05) is 54.8 Å². The van der Waals surface area contributed by atoms with Gasteiger partial charge in [-0.05, 0) is 30.4 Å². The zero-order valence-electron chi connectivity index (χ0n) is 11.2. The fourth-order valence-corrected chi connectivity index (χ4v) is 3.74. The maximum Gasteiger partial charge on any atom is 0.277 e. The molecule has 1 unspecified atom stereocenters. The first kappa shape index (κ1) is 15.2. The summed E-state index contributed by atoms with van der Waals surface area (Å²) in [5, 5.41) is 1.99. The number of rotatable bonds is 7. The van der Waals surface area contributed by atoms with E-state index in [1.54, 1.807) is 11.3 Å². The van der Waals surface area contributed by atoms with E-state index in [-0.39, 0.29) is 6.04 Å². The molecule has 0 aliphatic rings. The fraction of sp³-hybridized carbons (Fsp3) is 0.286. The summed E-state index contributed by atoms with van der Waals surface area (Å²) in [5.74, 6) is 0. The van der Waals surface area contributed by atoms with Gasteiger partial charge in [-0.3, -0.25) is 0 Å². The number of benzene rings is 1. The molecule has 2 aromatic rings. The SMILES string of the molecule is CC(Cc1cccs1)NS(=O)(=O)NCc1ccccc1. The molecule has 0 spiro atoms. The van der Waals surface area contributed by atoms with Crippen molar-refractivity contribution in [2.24, 2.45) is 0 Å². The van der Waals surface area contributed by atoms with Crippen LogP contribution in [0, 0.1) is 0 Å². The lowest BCUT2D eigenvalue weighted by molar-refractivity contribution is 0.546. The molecule has 20 heavy (non-hydrogen) atoms. The molecular weight excluding hydrogens is 292 g/mol. The average molecular weight is 310 g/mol. The molecular formula is C14H18N2O2S2. The highest BCUT2D eigenvalue weighted by Crippen LogP contribution is 2.11. The zero-order chi connectivity index (χ0) is 14.4. The smallest absolute Gasteiger partial charge is 0.199 e. The fourth-order valence-electron chi connectivity index (χ4n) is 1.85. The largest absolute Gasteiger partial charge is 0.277 e. The molecule has 0 saturated heterocycles. The minimum Gasteiger partial charge on any atom is -0.199 e. The van der Waals surface area contributed by atoms with Crippen molar-refractivity contribution in [1.82, 2.24) is 9.44 Å². The van der Waals surface area contributed by atoms with Crippen LogP contribution in [0.25, 0.3) is 0 Å². The Bertz CT molecular complexity index is 610. The second kappa shape index (κ2) is 6.99. The van der Waals surface area contributed by atoms with Crippen molar-refractivity contribution < 1.29 is 8.42 Å². The summed E-state index contributed by atoms with van der Waals surface area (Å²) >= 11 is 1.63. The number of hydrogen-bond donors (Lipinski definition) is 2. The summed E-state index contributed by atoms with van der Waals surface area (Å²) in [6.07, 6.45) is 0.698. The molecule has 0 aliphatic heterocycles. The molecule has 6 heteroatoms. The van der Waals surface area contributed by atoms with Crippen LogP contribution in [-0.2, 0) is 23.2 Å². The van der Waals surface area contributed by atoms with Crippen molar-refractivity contribution in [3.63, 3.8) is 0 Å². The van der Waals surface area contributed by atoms with Crippen LogP contribution >= 0.6 is 11.3 Å². The lowest BCUT2D eigenvalue weighted by atomic mass is 10.2. The van der Waals surface area contributed by atoms with E-state index >= 15 is 0 Å². The van der Waals surface area contributed by atoms with Gasteiger partial charge in [0.05, 0.1) is 0 Å². The molecule has 108 valence electrons. The van der Waals surface area contributed by atoms with Gasteiger partial charge < -0.3 is 0 Å². The summed E-state index contributed by atoms with van der Waals surface area (Å²) in [4.78, 5) is 1.17. The van der Waals surface area contributed by atoms with Gasteiger partial charge in [-0.2, -0.15) is 17.9 Å². The minimum atomic E-state index is -3.48. The van der Waals surface area contributed by atoms with E-state index in [9.17, 15) is 8.42 Å². The van der Waals surface area contributed by atoms with Crippen molar-refractivity contribution in [3.8, 4) is 0 Å². The van der Waals surface area contributed by atoms with Crippen LogP contribution in [-0.4, -0.2) is 14.5 Å². The maximum absolute atomic E-state index is 11.9. The van der Waals surface area contributed by atoms with Crippen LogP contribution in [0.2, 0.25) is 0 Å². The predicted molar refractivity (Wildman–Crippen MR) is 82.8 cm³/mol. The van der Waals surface area contributed by atoms with Crippen molar-refractivity contribution in [2.75, 3.05) is 0 Å². The van der Waals surface area contributed by atoms with Crippen LogP contribution in [0.5, 0.6) is 0 Å². The molecule has 2 N–H and O–H groups in total. The van der Waals surface area contributed by atoms with Gasteiger partial charge in [-0.15, -0.1) is 11.3 Å². The Morgan fingerprint density at radius 3 is 2.55 bits per heavy atom. The molecule has 0 bridgehead atoms. The monoisotopic (exact) mass is 310 g/mol. The maximum atomic E-state index is 11.9. The Hall–Kier alpha value is -1.21. The Morgan fingerprint density at radius 1 is 1.15 bits per heavy atom. The molecule has 1 aromatic carbocycles. The lowest BCUT2D eigenvalue weighted by Crippen LogP contribution is -2.41. The van der Waals surface area contributed by atoms with E-state index in [4.69, 9.17) is 0 Å². The quantitative estimate of drug-likeness (QED) is 0.824. The van der Waals surface area contributed by atoms with E-state index in [1.165, 1.54) is 4.88 Å². The zero-order valence-corrected chi connectivity index (χ0v) is 12.9. The average Bonchev–Trinajstić information content (AvgIpc) is 2.90. The highest BCUT2D eigenvalue weighted by atomic mass is 32.2. The third-order valence-corrected chi connectivity index (χ3v) is 4.89. The number of nitrogens with one attached hydrogen (secondary N) is 2. The van der Waals surface area contributed by atoms with Gasteiger partial charge in [-0.25, -0.2) is 0 Å². The molecule has 0 radical (unpaired) electrons. The molecule has 0 saturated carbocycles. The highest BCUT2D eigenvalue weighted by Gasteiger charge is 2.14. The van der Waals surface area contributed by atoms with E-state index < -0.39 is 10.2 Å². The van der Waals surface area contributed by atoms with Gasteiger partial charge in [-0.1, -0.05) is 36.4 Å². The van der Waals surface area contributed by atoms with Crippen LogP contribution in [0.15, 0.2) is 47.8 Å². The summed E-state index contributed by atoms with van der Waals surface area (Å²) < 4.78 is 29.0. The van der Waals surface area contributed by atoms with Crippen molar-refractivity contribution in [3.05, 3.63) is 58.3 Å². The van der Waals surface area contributed by atoms with Gasteiger partial charge in [0.2, 0.25) is 0 Å². The molecule has 1 heterocycles. The molecule has 1 atom stereocenters. The third kappa shape index (κ3) is 5.05.